The Bertz CT molecular complexity index is 575. The molecule has 1 aromatic carbocycles. The summed E-state index contributed by atoms with van der Waals surface area (Å²) in [6, 6.07) is 12.2. The third kappa shape index (κ3) is 1.82. The van der Waals surface area contributed by atoms with Gasteiger partial charge in [0.1, 0.15) is 5.75 Å². The topological polar surface area (TPSA) is 22.1 Å². The highest BCUT2D eigenvalue weighted by molar-refractivity contribution is 5.47. The van der Waals surface area contributed by atoms with Crippen LogP contribution in [-0.2, 0) is 12.8 Å². The molecule has 0 unspecified atom stereocenters. The SMILES string of the molecule is C=Cc1ccc2c(n1)Oc1ccccc1CC2. The van der Waals surface area contributed by atoms with Crippen molar-refractivity contribution in [3.8, 4) is 11.6 Å². The molecule has 17 heavy (non-hydrogen) atoms. The van der Waals surface area contributed by atoms with Gasteiger partial charge in [-0.15, -0.1) is 0 Å². The van der Waals surface area contributed by atoms with Gasteiger partial charge in [-0.3, -0.25) is 0 Å². The molecule has 3 rings (SSSR count). The van der Waals surface area contributed by atoms with Crippen molar-refractivity contribution in [2.24, 2.45) is 0 Å². The molecule has 2 nitrogen and oxygen atoms in total. The van der Waals surface area contributed by atoms with Crippen LogP contribution < -0.4 is 4.74 Å². The van der Waals surface area contributed by atoms with Gasteiger partial charge in [-0.25, -0.2) is 4.98 Å². The van der Waals surface area contributed by atoms with E-state index >= 15 is 0 Å². The Labute approximate surface area is 101 Å². The molecule has 0 aliphatic carbocycles. The first-order valence-electron chi connectivity index (χ1n) is 5.75. The maximum absolute atomic E-state index is 5.89. The van der Waals surface area contributed by atoms with E-state index < -0.39 is 0 Å². The number of nitrogens with zero attached hydrogens (tertiary/aromatic N) is 1. The van der Waals surface area contributed by atoms with Crippen molar-refractivity contribution in [2.45, 2.75) is 12.8 Å². The first kappa shape index (κ1) is 10.1. The second-order valence-corrected chi connectivity index (χ2v) is 4.11. The van der Waals surface area contributed by atoms with Crippen molar-refractivity contribution >= 4 is 6.08 Å². The van der Waals surface area contributed by atoms with Gasteiger partial charge in [0.15, 0.2) is 0 Å². The third-order valence-corrected chi connectivity index (χ3v) is 3.01. The molecule has 0 radical (unpaired) electrons. The van der Waals surface area contributed by atoms with Crippen LogP contribution in [0.25, 0.3) is 6.08 Å². The zero-order valence-electron chi connectivity index (χ0n) is 9.52. The molecule has 1 aromatic heterocycles. The van der Waals surface area contributed by atoms with Gasteiger partial charge in [-0.2, -0.15) is 0 Å². The molecule has 0 bridgehead atoms. The minimum absolute atomic E-state index is 0.715. The lowest BCUT2D eigenvalue weighted by Gasteiger charge is -2.07. The summed E-state index contributed by atoms with van der Waals surface area (Å²) in [5, 5.41) is 0. The normalized spacial score (nSPS) is 12.9. The largest absolute Gasteiger partial charge is 0.438 e. The van der Waals surface area contributed by atoms with E-state index in [0.717, 1.165) is 29.8 Å². The molecule has 2 heterocycles. The van der Waals surface area contributed by atoms with Crippen LogP contribution in [-0.4, -0.2) is 4.98 Å². The van der Waals surface area contributed by atoms with E-state index in [-0.39, 0.29) is 0 Å². The lowest BCUT2D eigenvalue weighted by Crippen LogP contribution is -1.93. The first-order valence-corrected chi connectivity index (χ1v) is 5.75. The van der Waals surface area contributed by atoms with Crippen molar-refractivity contribution in [3.63, 3.8) is 0 Å². The van der Waals surface area contributed by atoms with Crippen LogP contribution in [0.1, 0.15) is 16.8 Å². The lowest BCUT2D eigenvalue weighted by molar-refractivity contribution is 0.459. The molecule has 1 aliphatic heterocycles. The Hall–Kier alpha value is -2.09. The molecule has 0 saturated carbocycles. The van der Waals surface area contributed by atoms with Crippen LogP contribution in [0.3, 0.4) is 0 Å². The summed E-state index contributed by atoms with van der Waals surface area (Å²) in [7, 11) is 0. The number of pyridine rings is 1. The van der Waals surface area contributed by atoms with Crippen molar-refractivity contribution in [1.29, 1.82) is 0 Å². The Kier molecular flexibility index (Phi) is 2.41. The van der Waals surface area contributed by atoms with E-state index in [1.807, 2.05) is 24.3 Å². The molecule has 84 valence electrons. The fraction of sp³-hybridized carbons (Fsp3) is 0.133. The second-order valence-electron chi connectivity index (χ2n) is 4.11. The average Bonchev–Trinajstić information content (AvgIpc) is 2.56. The summed E-state index contributed by atoms with van der Waals surface area (Å²) in [5.74, 6) is 1.63. The third-order valence-electron chi connectivity index (χ3n) is 3.01. The Balaban J connectivity index is 2.08. The van der Waals surface area contributed by atoms with Gasteiger partial charge >= 0.3 is 0 Å². The number of hydrogen-bond acceptors (Lipinski definition) is 2. The van der Waals surface area contributed by atoms with Crippen molar-refractivity contribution in [1.82, 2.24) is 4.98 Å². The van der Waals surface area contributed by atoms with Gasteiger partial charge in [0.25, 0.3) is 0 Å². The zero-order chi connectivity index (χ0) is 11.7. The summed E-state index contributed by atoms with van der Waals surface area (Å²) in [4.78, 5) is 4.45. The van der Waals surface area contributed by atoms with Crippen molar-refractivity contribution in [3.05, 3.63) is 59.8 Å². The Morgan fingerprint density at radius 1 is 1.06 bits per heavy atom. The van der Waals surface area contributed by atoms with Crippen LogP contribution in [0.2, 0.25) is 0 Å². The van der Waals surface area contributed by atoms with E-state index in [4.69, 9.17) is 4.74 Å². The van der Waals surface area contributed by atoms with Crippen LogP contribution in [0.5, 0.6) is 11.6 Å². The average molecular weight is 223 g/mol. The number of aryl methyl sites for hydroxylation is 2. The van der Waals surface area contributed by atoms with Gasteiger partial charge in [0.05, 0.1) is 5.69 Å². The molecular formula is C15H13NO. The standard InChI is InChI=1S/C15H13NO/c1-2-13-10-9-12-8-7-11-5-3-4-6-14(11)17-15(12)16-13/h2-6,9-10H,1,7-8H2. The smallest absolute Gasteiger partial charge is 0.222 e. The molecular weight excluding hydrogens is 210 g/mol. The summed E-state index contributed by atoms with van der Waals surface area (Å²) in [5.41, 5.74) is 3.25. The molecule has 0 spiro atoms. The fourth-order valence-electron chi connectivity index (χ4n) is 2.06. The Morgan fingerprint density at radius 3 is 2.76 bits per heavy atom. The van der Waals surface area contributed by atoms with E-state index in [1.54, 1.807) is 6.08 Å². The summed E-state index contributed by atoms with van der Waals surface area (Å²) in [6.45, 7) is 3.73. The highest BCUT2D eigenvalue weighted by atomic mass is 16.5. The van der Waals surface area contributed by atoms with Gasteiger partial charge in [0, 0.05) is 5.56 Å². The van der Waals surface area contributed by atoms with E-state index in [9.17, 15) is 0 Å². The van der Waals surface area contributed by atoms with Gasteiger partial charge in [-0.05, 0) is 36.6 Å². The fourth-order valence-corrected chi connectivity index (χ4v) is 2.06. The van der Waals surface area contributed by atoms with Gasteiger partial charge < -0.3 is 4.74 Å². The minimum atomic E-state index is 0.715. The number of hydrogen-bond donors (Lipinski definition) is 0. The van der Waals surface area contributed by atoms with Crippen molar-refractivity contribution < 1.29 is 4.74 Å². The van der Waals surface area contributed by atoms with Crippen LogP contribution in [0.4, 0.5) is 0 Å². The van der Waals surface area contributed by atoms with Crippen LogP contribution >= 0.6 is 0 Å². The Morgan fingerprint density at radius 2 is 1.88 bits per heavy atom. The van der Waals surface area contributed by atoms with E-state index in [2.05, 4.69) is 23.7 Å². The molecule has 2 heteroatoms. The van der Waals surface area contributed by atoms with Crippen molar-refractivity contribution in [2.75, 3.05) is 0 Å². The van der Waals surface area contributed by atoms with Gasteiger partial charge in [0.2, 0.25) is 5.88 Å². The highest BCUT2D eigenvalue weighted by Crippen LogP contribution is 2.32. The maximum atomic E-state index is 5.89. The second kappa shape index (κ2) is 4.06. The predicted octanol–water partition coefficient (Wildman–Crippen LogP) is 3.62. The van der Waals surface area contributed by atoms with Crippen LogP contribution in [0, 0.1) is 0 Å². The summed E-state index contributed by atoms with van der Waals surface area (Å²) in [6.07, 6.45) is 3.70. The molecule has 0 fully saturated rings. The molecule has 0 amide bonds. The lowest BCUT2D eigenvalue weighted by atomic mass is 10.1. The monoisotopic (exact) mass is 223 g/mol. The summed E-state index contributed by atoms with van der Waals surface area (Å²) < 4.78 is 5.89. The molecule has 1 aliphatic rings. The van der Waals surface area contributed by atoms with Gasteiger partial charge in [-0.1, -0.05) is 30.8 Å². The van der Waals surface area contributed by atoms with Crippen LogP contribution in [0.15, 0.2) is 43.0 Å². The van der Waals surface area contributed by atoms with E-state index in [1.165, 1.54) is 5.56 Å². The molecule has 2 aromatic rings. The highest BCUT2D eigenvalue weighted by Gasteiger charge is 2.15. The number of benzene rings is 1. The van der Waals surface area contributed by atoms with E-state index in [0.29, 0.717) is 5.88 Å². The molecule has 0 atom stereocenters. The predicted molar refractivity (Wildman–Crippen MR) is 68.3 cm³/mol. The number of para-hydroxylation sites is 1. The number of aromatic nitrogens is 1. The number of ether oxygens (including phenoxy) is 1. The quantitative estimate of drug-likeness (QED) is 0.736. The maximum Gasteiger partial charge on any atom is 0.222 e. The number of fused-ring (bicyclic) bond motifs is 2. The zero-order valence-corrected chi connectivity index (χ0v) is 9.52. The molecule has 0 N–H and O–H groups in total. The minimum Gasteiger partial charge on any atom is -0.438 e. The first-order chi connectivity index (χ1) is 8.36. The number of rotatable bonds is 1. The summed E-state index contributed by atoms with van der Waals surface area (Å²) >= 11 is 0. The molecule has 0 saturated heterocycles.